The summed E-state index contributed by atoms with van der Waals surface area (Å²) in [6, 6.07) is 10.4. The SMILES string of the molecule is CNC(=O)N(O)C1N(N=Cc2c(O)ccc3ccccc23)C(=S)SC1(C)C. The number of nitrogens with one attached hydrogen (secondary N) is 1. The van der Waals surface area contributed by atoms with Crippen molar-refractivity contribution in [2.24, 2.45) is 5.10 Å². The number of nitrogens with zero attached hydrogens (tertiary/aromatic N) is 3. The molecule has 142 valence electrons. The number of hydrogen-bond donors (Lipinski definition) is 3. The molecule has 7 nitrogen and oxygen atoms in total. The first-order valence-corrected chi connectivity index (χ1v) is 9.45. The molecule has 1 heterocycles. The van der Waals surface area contributed by atoms with Gasteiger partial charge in [-0.3, -0.25) is 5.21 Å². The predicted molar refractivity (Wildman–Crippen MR) is 111 cm³/mol. The number of rotatable bonds is 3. The number of phenols is 1. The van der Waals surface area contributed by atoms with E-state index < -0.39 is 16.9 Å². The topological polar surface area (TPSA) is 88.4 Å². The number of urea groups is 1. The Hall–Kier alpha value is -2.36. The summed E-state index contributed by atoms with van der Waals surface area (Å²) in [5.41, 5.74) is 0.536. The lowest BCUT2D eigenvalue weighted by Gasteiger charge is -2.33. The molecule has 0 saturated carbocycles. The monoisotopic (exact) mass is 404 g/mol. The molecule has 0 bridgehead atoms. The third-order valence-corrected chi connectivity index (χ3v) is 5.84. The van der Waals surface area contributed by atoms with E-state index in [1.54, 1.807) is 6.07 Å². The lowest BCUT2D eigenvalue weighted by atomic mass is 10.0. The molecule has 2 amide bonds. The zero-order valence-electron chi connectivity index (χ0n) is 15.1. The molecule has 27 heavy (non-hydrogen) atoms. The lowest BCUT2D eigenvalue weighted by molar-refractivity contribution is -0.117. The summed E-state index contributed by atoms with van der Waals surface area (Å²) in [7, 11) is 1.43. The Labute approximate surface area is 166 Å². The van der Waals surface area contributed by atoms with Crippen molar-refractivity contribution >= 4 is 51.3 Å². The molecule has 1 aliphatic heterocycles. The van der Waals surface area contributed by atoms with Gasteiger partial charge in [-0.1, -0.05) is 54.3 Å². The maximum atomic E-state index is 11.9. The number of thioether (sulfide) groups is 1. The van der Waals surface area contributed by atoms with E-state index in [-0.39, 0.29) is 5.75 Å². The number of carbonyl (C=O) groups is 1. The molecule has 2 aromatic rings. The molecule has 0 aromatic heterocycles. The Morgan fingerprint density at radius 3 is 2.78 bits per heavy atom. The smallest absolute Gasteiger partial charge is 0.343 e. The molecule has 1 fully saturated rings. The molecule has 3 rings (SSSR count). The normalized spacial score (nSPS) is 19.0. The van der Waals surface area contributed by atoms with Crippen molar-refractivity contribution in [1.29, 1.82) is 0 Å². The second-order valence-electron chi connectivity index (χ2n) is 6.55. The highest BCUT2D eigenvalue weighted by molar-refractivity contribution is 8.24. The van der Waals surface area contributed by atoms with Crippen LogP contribution in [0, 0.1) is 0 Å². The van der Waals surface area contributed by atoms with Gasteiger partial charge in [0.15, 0.2) is 10.5 Å². The van der Waals surface area contributed by atoms with Crippen LogP contribution in [0.3, 0.4) is 0 Å². The fourth-order valence-corrected chi connectivity index (χ4v) is 4.78. The molecule has 1 atom stereocenters. The number of amides is 2. The van der Waals surface area contributed by atoms with Crippen molar-refractivity contribution in [1.82, 2.24) is 15.4 Å². The Balaban J connectivity index is 2.01. The van der Waals surface area contributed by atoms with Crippen LogP contribution in [0.15, 0.2) is 41.5 Å². The maximum Gasteiger partial charge on any atom is 0.343 e. The van der Waals surface area contributed by atoms with E-state index in [0.29, 0.717) is 14.9 Å². The Bertz CT molecular complexity index is 932. The van der Waals surface area contributed by atoms with Gasteiger partial charge >= 0.3 is 6.03 Å². The third kappa shape index (κ3) is 3.58. The largest absolute Gasteiger partial charge is 0.507 e. The molecular weight excluding hydrogens is 384 g/mol. The lowest BCUT2D eigenvalue weighted by Crippen LogP contribution is -2.55. The molecule has 2 aromatic carbocycles. The minimum absolute atomic E-state index is 0.0817. The van der Waals surface area contributed by atoms with Crippen molar-refractivity contribution in [2.45, 2.75) is 24.8 Å². The number of hydrazone groups is 1. The van der Waals surface area contributed by atoms with E-state index in [1.807, 2.05) is 44.2 Å². The van der Waals surface area contributed by atoms with Crippen LogP contribution in [-0.2, 0) is 0 Å². The van der Waals surface area contributed by atoms with E-state index in [4.69, 9.17) is 12.2 Å². The van der Waals surface area contributed by atoms with E-state index in [0.717, 1.165) is 10.8 Å². The van der Waals surface area contributed by atoms with Gasteiger partial charge in [0, 0.05) is 12.6 Å². The first-order chi connectivity index (χ1) is 12.8. The number of benzene rings is 2. The number of carbonyl (C=O) groups excluding carboxylic acids is 1. The summed E-state index contributed by atoms with van der Waals surface area (Å²) in [5, 5.41) is 31.2. The first-order valence-electron chi connectivity index (χ1n) is 8.23. The molecule has 0 spiro atoms. The van der Waals surface area contributed by atoms with Crippen LogP contribution in [0.2, 0.25) is 0 Å². The minimum atomic E-state index is -0.802. The summed E-state index contributed by atoms with van der Waals surface area (Å²) in [5.74, 6) is 0.0817. The summed E-state index contributed by atoms with van der Waals surface area (Å²) in [6.07, 6.45) is 0.694. The predicted octanol–water partition coefficient (Wildman–Crippen LogP) is 3.35. The van der Waals surface area contributed by atoms with E-state index >= 15 is 0 Å². The first kappa shape index (κ1) is 19.4. The molecular formula is C18H20N4O3S2. The fourth-order valence-electron chi connectivity index (χ4n) is 2.99. The molecule has 1 saturated heterocycles. The Morgan fingerprint density at radius 2 is 2.07 bits per heavy atom. The number of hydrogen-bond acceptors (Lipinski definition) is 6. The van der Waals surface area contributed by atoms with Crippen LogP contribution in [0.4, 0.5) is 4.79 Å². The highest BCUT2D eigenvalue weighted by Crippen LogP contribution is 2.42. The number of hydroxylamine groups is 2. The van der Waals surface area contributed by atoms with E-state index in [9.17, 15) is 15.1 Å². The van der Waals surface area contributed by atoms with Crippen LogP contribution < -0.4 is 5.32 Å². The van der Waals surface area contributed by atoms with E-state index in [2.05, 4.69) is 10.4 Å². The van der Waals surface area contributed by atoms with Gasteiger partial charge in [-0.05, 0) is 30.7 Å². The van der Waals surface area contributed by atoms with Crippen LogP contribution in [0.25, 0.3) is 10.8 Å². The van der Waals surface area contributed by atoms with Crippen LogP contribution in [-0.4, -0.2) is 54.9 Å². The van der Waals surface area contributed by atoms with Gasteiger partial charge in [-0.25, -0.2) is 9.80 Å². The molecule has 0 aliphatic carbocycles. The molecule has 0 radical (unpaired) electrons. The van der Waals surface area contributed by atoms with Gasteiger partial charge in [0.2, 0.25) is 0 Å². The van der Waals surface area contributed by atoms with Crippen molar-refractivity contribution in [2.75, 3.05) is 7.05 Å². The number of phenolic OH excluding ortho intramolecular Hbond substituents is 1. The number of fused-ring (bicyclic) bond motifs is 1. The number of aromatic hydroxyl groups is 1. The van der Waals surface area contributed by atoms with Crippen LogP contribution >= 0.6 is 24.0 Å². The highest BCUT2D eigenvalue weighted by Gasteiger charge is 2.49. The van der Waals surface area contributed by atoms with Gasteiger partial charge in [0.25, 0.3) is 0 Å². The van der Waals surface area contributed by atoms with Crippen molar-refractivity contribution < 1.29 is 15.1 Å². The molecule has 1 unspecified atom stereocenters. The van der Waals surface area contributed by atoms with Crippen molar-refractivity contribution in [3.63, 3.8) is 0 Å². The van der Waals surface area contributed by atoms with Gasteiger partial charge in [0.1, 0.15) is 5.75 Å². The van der Waals surface area contributed by atoms with Gasteiger partial charge in [-0.15, -0.1) is 0 Å². The Kier molecular flexibility index (Phi) is 5.27. The average molecular weight is 405 g/mol. The second kappa shape index (κ2) is 7.34. The average Bonchev–Trinajstić information content (AvgIpc) is 2.87. The van der Waals surface area contributed by atoms with Crippen LogP contribution in [0.1, 0.15) is 19.4 Å². The molecule has 9 heteroatoms. The fraction of sp³-hybridized carbons (Fsp3) is 0.278. The minimum Gasteiger partial charge on any atom is -0.507 e. The zero-order valence-corrected chi connectivity index (χ0v) is 16.7. The van der Waals surface area contributed by atoms with Crippen molar-refractivity contribution in [3.05, 3.63) is 42.0 Å². The van der Waals surface area contributed by atoms with Crippen molar-refractivity contribution in [3.8, 4) is 5.75 Å². The second-order valence-corrected chi connectivity index (χ2v) is 8.84. The standard InChI is InChI=1S/C18H20N4O3S2/c1-18(2)15(22(25)16(24)19-3)21(17(26)27-18)20-10-13-12-7-5-4-6-11(12)8-9-14(13)23/h4-10,15,23,25H,1-3H3,(H,19,24). The van der Waals surface area contributed by atoms with Gasteiger partial charge in [-0.2, -0.15) is 10.2 Å². The van der Waals surface area contributed by atoms with Gasteiger partial charge < -0.3 is 10.4 Å². The Morgan fingerprint density at radius 1 is 1.37 bits per heavy atom. The summed E-state index contributed by atoms with van der Waals surface area (Å²) < 4.78 is -0.167. The zero-order chi connectivity index (χ0) is 19.8. The highest BCUT2D eigenvalue weighted by atomic mass is 32.2. The quantitative estimate of drug-likeness (QED) is 0.315. The molecule has 1 aliphatic rings. The number of thiocarbonyl (C=S) groups is 1. The van der Waals surface area contributed by atoms with Crippen LogP contribution in [0.5, 0.6) is 5.75 Å². The summed E-state index contributed by atoms with van der Waals surface area (Å²) >= 11 is 6.73. The van der Waals surface area contributed by atoms with Gasteiger partial charge in [0.05, 0.1) is 11.0 Å². The molecule has 3 N–H and O–H groups in total. The summed E-state index contributed by atoms with van der Waals surface area (Å²) in [4.78, 5) is 11.9. The maximum absolute atomic E-state index is 11.9. The third-order valence-electron chi connectivity index (χ3n) is 4.30. The summed E-state index contributed by atoms with van der Waals surface area (Å²) in [6.45, 7) is 3.73. The van der Waals surface area contributed by atoms with E-state index in [1.165, 1.54) is 30.0 Å².